The van der Waals surface area contributed by atoms with Crippen molar-refractivity contribution < 1.29 is 14.4 Å². The molecule has 19 heavy (non-hydrogen) atoms. The molecule has 6 heteroatoms. The van der Waals surface area contributed by atoms with Crippen molar-refractivity contribution in [1.82, 2.24) is 0 Å². The highest BCUT2D eigenvalue weighted by Crippen LogP contribution is 2.35. The lowest BCUT2D eigenvalue weighted by Gasteiger charge is -2.15. The van der Waals surface area contributed by atoms with E-state index in [1.165, 1.54) is 0 Å². The third kappa shape index (κ3) is 4.40. The lowest BCUT2D eigenvalue weighted by Crippen LogP contribution is -2.18. The van der Waals surface area contributed by atoms with Crippen molar-refractivity contribution in [2.75, 3.05) is 25.6 Å². The van der Waals surface area contributed by atoms with E-state index in [2.05, 4.69) is 5.32 Å². The maximum absolute atomic E-state index is 11.2. The third-order valence-corrected chi connectivity index (χ3v) is 2.48. The van der Waals surface area contributed by atoms with E-state index in [4.69, 9.17) is 9.47 Å². The summed E-state index contributed by atoms with van der Waals surface area (Å²) in [5, 5.41) is 14.2. The standard InChI is InChI=1S/C13H20N2O4/c1-4-8-14-11-6-5-7-12(13(11)15(16)17)19-10(2)9-18-3/h5-7,10,14H,4,8-9H2,1-3H3. The number of hydrogen-bond acceptors (Lipinski definition) is 5. The first-order valence-corrected chi connectivity index (χ1v) is 6.27. The van der Waals surface area contributed by atoms with Gasteiger partial charge in [0.2, 0.25) is 0 Å². The SMILES string of the molecule is CCCNc1cccc(OC(C)COC)c1[N+](=O)[O-]. The zero-order valence-electron chi connectivity index (χ0n) is 11.5. The second kappa shape index (κ2) is 7.58. The smallest absolute Gasteiger partial charge is 0.333 e. The van der Waals surface area contributed by atoms with Gasteiger partial charge in [-0.2, -0.15) is 0 Å². The number of methoxy groups -OCH3 is 1. The normalized spacial score (nSPS) is 11.9. The van der Waals surface area contributed by atoms with Gasteiger partial charge in [0.25, 0.3) is 0 Å². The first-order valence-electron chi connectivity index (χ1n) is 6.27. The molecule has 1 N–H and O–H groups in total. The number of nitro benzene ring substituents is 1. The molecule has 0 radical (unpaired) electrons. The van der Waals surface area contributed by atoms with Gasteiger partial charge in [0, 0.05) is 13.7 Å². The average Bonchev–Trinajstić information content (AvgIpc) is 2.36. The minimum absolute atomic E-state index is 0.0288. The topological polar surface area (TPSA) is 73.6 Å². The van der Waals surface area contributed by atoms with Crippen molar-refractivity contribution in [2.24, 2.45) is 0 Å². The number of rotatable bonds is 8. The molecule has 106 valence electrons. The van der Waals surface area contributed by atoms with Crippen LogP contribution in [0.1, 0.15) is 20.3 Å². The van der Waals surface area contributed by atoms with Crippen LogP contribution in [0.2, 0.25) is 0 Å². The zero-order chi connectivity index (χ0) is 14.3. The fourth-order valence-corrected chi connectivity index (χ4v) is 1.69. The molecule has 0 saturated carbocycles. The van der Waals surface area contributed by atoms with Gasteiger partial charge in [-0.15, -0.1) is 0 Å². The summed E-state index contributed by atoms with van der Waals surface area (Å²) in [6, 6.07) is 5.02. The van der Waals surface area contributed by atoms with E-state index in [1.54, 1.807) is 32.2 Å². The number of ether oxygens (including phenoxy) is 2. The summed E-state index contributed by atoms with van der Waals surface area (Å²) >= 11 is 0. The van der Waals surface area contributed by atoms with Gasteiger partial charge >= 0.3 is 5.69 Å². The van der Waals surface area contributed by atoms with Crippen LogP contribution in [-0.2, 0) is 4.74 Å². The Morgan fingerprint density at radius 2 is 2.21 bits per heavy atom. The predicted octanol–water partition coefficient (Wildman–Crippen LogP) is 2.83. The molecule has 0 amide bonds. The highest BCUT2D eigenvalue weighted by Gasteiger charge is 2.22. The highest BCUT2D eigenvalue weighted by atomic mass is 16.6. The van der Waals surface area contributed by atoms with Crippen LogP contribution in [0.5, 0.6) is 5.75 Å². The van der Waals surface area contributed by atoms with Gasteiger partial charge in [0.05, 0.1) is 11.5 Å². The fraction of sp³-hybridized carbons (Fsp3) is 0.538. The molecule has 0 aromatic heterocycles. The Labute approximate surface area is 112 Å². The molecule has 1 rings (SSSR count). The molecular weight excluding hydrogens is 248 g/mol. The Kier molecular flexibility index (Phi) is 6.08. The number of benzene rings is 1. The fourth-order valence-electron chi connectivity index (χ4n) is 1.69. The Bertz CT molecular complexity index is 423. The monoisotopic (exact) mass is 268 g/mol. The third-order valence-electron chi connectivity index (χ3n) is 2.48. The molecule has 0 aliphatic heterocycles. The van der Waals surface area contributed by atoms with Crippen LogP contribution in [0.15, 0.2) is 18.2 Å². The maximum Gasteiger partial charge on any atom is 0.333 e. The molecular formula is C13H20N2O4. The van der Waals surface area contributed by atoms with Crippen LogP contribution < -0.4 is 10.1 Å². The predicted molar refractivity (Wildman–Crippen MR) is 73.8 cm³/mol. The van der Waals surface area contributed by atoms with E-state index in [1.807, 2.05) is 6.92 Å². The maximum atomic E-state index is 11.2. The Morgan fingerprint density at radius 1 is 1.47 bits per heavy atom. The number of nitro groups is 1. The molecule has 1 unspecified atom stereocenters. The number of hydrogen-bond donors (Lipinski definition) is 1. The first kappa shape index (κ1) is 15.2. The van der Waals surface area contributed by atoms with Crippen LogP contribution in [-0.4, -0.2) is 31.3 Å². The molecule has 1 aromatic rings. The summed E-state index contributed by atoms with van der Waals surface area (Å²) in [5.74, 6) is 0.260. The molecule has 0 aliphatic carbocycles. The van der Waals surface area contributed by atoms with Crippen LogP contribution in [0, 0.1) is 10.1 Å². The van der Waals surface area contributed by atoms with Gasteiger partial charge < -0.3 is 14.8 Å². The van der Waals surface area contributed by atoms with Gasteiger partial charge in [-0.05, 0) is 25.5 Å². The lowest BCUT2D eigenvalue weighted by molar-refractivity contribution is -0.385. The van der Waals surface area contributed by atoms with Gasteiger partial charge in [0.1, 0.15) is 11.8 Å². The number of nitrogens with zero attached hydrogens (tertiary/aromatic N) is 1. The Hall–Kier alpha value is -1.82. The summed E-state index contributed by atoms with van der Waals surface area (Å²) in [5.41, 5.74) is 0.452. The minimum Gasteiger partial charge on any atom is -0.481 e. The summed E-state index contributed by atoms with van der Waals surface area (Å²) in [6.45, 7) is 4.86. The second-order valence-corrected chi connectivity index (χ2v) is 4.22. The van der Waals surface area contributed by atoms with Crippen molar-refractivity contribution in [3.8, 4) is 5.75 Å². The molecule has 0 aliphatic rings. The van der Waals surface area contributed by atoms with Gasteiger partial charge in [-0.1, -0.05) is 13.0 Å². The van der Waals surface area contributed by atoms with Crippen LogP contribution in [0.3, 0.4) is 0 Å². The molecule has 0 saturated heterocycles. The molecule has 1 aromatic carbocycles. The average molecular weight is 268 g/mol. The minimum atomic E-state index is -0.424. The summed E-state index contributed by atoms with van der Waals surface area (Å²) in [7, 11) is 1.56. The van der Waals surface area contributed by atoms with Crippen molar-refractivity contribution in [3.63, 3.8) is 0 Å². The largest absolute Gasteiger partial charge is 0.481 e. The van der Waals surface area contributed by atoms with Gasteiger partial charge in [-0.25, -0.2) is 0 Å². The summed E-state index contributed by atoms with van der Waals surface area (Å²) in [4.78, 5) is 10.8. The van der Waals surface area contributed by atoms with E-state index < -0.39 is 4.92 Å². The van der Waals surface area contributed by atoms with Gasteiger partial charge in [0.15, 0.2) is 5.75 Å². The van der Waals surface area contributed by atoms with E-state index >= 15 is 0 Å². The number of nitrogens with one attached hydrogen (secondary N) is 1. The van der Waals surface area contributed by atoms with Crippen molar-refractivity contribution >= 4 is 11.4 Å². The van der Waals surface area contributed by atoms with Crippen LogP contribution >= 0.6 is 0 Å². The zero-order valence-corrected chi connectivity index (χ0v) is 11.5. The van der Waals surface area contributed by atoms with Crippen molar-refractivity contribution in [2.45, 2.75) is 26.4 Å². The highest BCUT2D eigenvalue weighted by molar-refractivity contribution is 5.68. The van der Waals surface area contributed by atoms with E-state index in [0.717, 1.165) is 6.42 Å². The second-order valence-electron chi connectivity index (χ2n) is 4.22. The molecule has 0 bridgehead atoms. The molecule has 0 fully saturated rings. The van der Waals surface area contributed by atoms with E-state index in [9.17, 15) is 10.1 Å². The molecule has 0 spiro atoms. The van der Waals surface area contributed by atoms with Gasteiger partial charge in [-0.3, -0.25) is 10.1 Å². The number of anilines is 1. The van der Waals surface area contributed by atoms with Crippen LogP contribution in [0.4, 0.5) is 11.4 Å². The van der Waals surface area contributed by atoms with Crippen molar-refractivity contribution in [3.05, 3.63) is 28.3 Å². The molecule has 0 heterocycles. The lowest BCUT2D eigenvalue weighted by atomic mass is 10.2. The van der Waals surface area contributed by atoms with E-state index in [-0.39, 0.29) is 17.5 Å². The Morgan fingerprint density at radius 3 is 2.79 bits per heavy atom. The van der Waals surface area contributed by atoms with Crippen molar-refractivity contribution in [1.29, 1.82) is 0 Å². The Balaban J connectivity index is 2.99. The van der Waals surface area contributed by atoms with Crippen LogP contribution in [0.25, 0.3) is 0 Å². The summed E-state index contributed by atoms with van der Waals surface area (Å²) < 4.78 is 10.5. The quantitative estimate of drug-likeness (QED) is 0.579. The first-order chi connectivity index (χ1) is 9.10. The number of para-hydroxylation sites is 1. The summed E-state index contributed by atoms with van der Waals surface area (Å²) in [6.07, 6.45) is 0.646. The molecule has 1 atom stereocenters. The molecule has 6 nitrogen and oxygen atoms in total. The van der Waals surface area contributed by atoms with E-state index in [0.29, 0.717) is 18.8 Å².